The fraction of sp³-hybridized carbons (Fsp3) is 0.273. The molecule has 0 radical (unpaired) electrons. The number of halogens is 1. The number of rotatable bonds is 4. The average Bonchev–Trinajstić information content (AvgIpc) is 2.28. The van der Waals surface area contributed by atoms with Crippen molar-refractivity contribution >= 4 is 11.8 Å². The molecule has 1 rings (SSSR count). The second-order valence-corrected chi connectivity index (χ2v) is 3.59. The topological polar surface area (TPSA) is 92.4 Å². The Morgan fingerprint density at radius 3 is 2.71 bits per heavy atom. The summed E-state index contributed by atoms with van der Waals surface area (Å²) in [4.78, 5) is 22.0. The Kier molecular flexibility index (Phi) is 4.17. The molecule has 0 saturated carbocycles. The van der Waals surface area contributed by atoms with Gasteiger partial charge in [0.15, 0.2) is 0 Å². The van der Waals surface area contributed by atoms with Crippen LogP contribution in [0.15, 0.2) is 18.2 Å². The molecule has 0 aromatic heterocycles. The largest absolute Gasteiger partial charge is 0.381 e. The predicted octanol–water partition coefficient (Wildman–Crippen LogP) is -0.290. The van der Waals surface area contributed by atoms with Gasteiger partial charge >= 0.3 is 0 Å². The summed E-state index contributed by atoms with van der Waals surface area (Å²) in [7, 11) is 0. The van der Waals surface area contributed by atoms with Crippen LogP contribution >= 0.6 is 0 Å². The summed E-state index contributed by atoms with van der Waals surface area (Å²) in [5.41, 5.74) is 5.35. The van der Waals surface area contributed by atoms with Gasteiger partial charge in [-0.25, -0.2) is 4.39 Å². The van der Waals surface area contributed by atoms with E-state index in [4.69, 9.17) is 10.8 Å². The molecule has 1 aromatic carbocycles. The van der Waals surface area contributed by atoms with Crippen LogP contribution in [-0.2, 0) is 4.79 Å². The summed E-state index contributed by atoms with van der Waals surface area (Å²) < 4.78 is 13.2. The number of aryl methyl sites for hydroxylation is 1. The molecule has 5 nitrogen and oxygen atoms in total. The minimum Gasteiger partial charge on any atom is -0.381 e. The Balaban J connectivity index is 2.64. The van der Waals surface area contributed by atoms with E-state index in [1.54, 1.807) is 6.92 Å². The van der Waals surface area contributed by atoms with E-state index in [-0.39, 0.29) is 12.1 Å². The van der Waals surface area contributed by atoms with Crippen LogP contribution in [0.25, 0.3) is 0 Å². The number of nitrogens with one attached hydrogen (secondary N) is 1. The number of hydrogen-bond acceptors (Lipinski definition) is 3. The second kappa shape index (κ2) is 5.40. The van der Waals surface area contributed by atoms with Gasteiger partial charge < -0.3 is 16.2 Å². The number of nitrogens with two attached hydrogens (primary N) is 1. The molecule has 2 amide bonds. The van der Waals surface area contributed by atoms with Crippen molar-refractivity contribution in [2.75, 3.05) is 6.54 Å². The Hall–Kier alpha value is -1.95. The Morgan fingerprint density at radius 1 is 1.53 bits per heavy atom. The van der Waals surface area contributed by atoms with Crippen LogP contribution in [0.2, 0.25) is 0 Å². The second-order valence-electron chi connectivity index (χ2n) is 3.59. The van der Waals surface area contributed by atoms with Gasteiger partial charge in [0.05, 0.1) is 6.54 Å². The zero-order valence-corrected chi connectivity index (χ0v) is 9.24. The molecule has 0 aliphatic heterocycles. The van der Waals surface area contributed by atoms with Gasteiger partial charge in [-0.15, -0.1) is 0 Å². The van der Waals surface area contributed by atoms with Crippen molar-refractivity contribution < 1.29 is 19.1 Å². The van der Waals surface area contributed by atoms with Crippen LogP contribution in [0.4, 0.5) is 4.39 Å². The SMILES string of the molecule is Cc1ccc(C(=O)NCC(O)C(N)=O)cc1F. The molecule has 0 spiro atoms. The molecule has 0 saturated heterocycles. The zero-order chi connectivity index (χ0) is 13.0. The van der Waals surface area contributed by atoms with E-state index < -0.39 is 23.7 Å². The van der Waals surface area contributed by atoms with E-state index in [0.717, 1.165) is 6.07 Å². The lowest BCUT2D eigenvalue weighted by atomic mass is 10.1. The number of hydrogen-bond donors (Lipinski definition) is 3. The third-order valence-electron chi connectivity index (χ3n) is 2.22. The summed E-state index contributed by atoms with van der Waals surface area (Å²) >= 11 is 0. The van der Waals surface area contributed by atoms with E-state index in [0.29, 0.717) is 5.56 Å². The molecule has 92 valence electrons. The highest BCUT2D eigenvalue weighted by molar-refractivity contribution is 5.94. The van der Waals surface area contributed by atoms with Crippen molar-refractivity contribution in [2.45, 2.75) is 13.0 Å². The first-order valence-corrected chi connectivity index (χ1v) is 4.93. The molecule has 1 unspecified atom stereocenters. The highest BCUT2D eigenvalue weighted by Crippen LogP contribution is 2.08. The van der Waals surface area contributed by atoms with E-state index in [9.17, 15) is 14.0 Å². The van der Waals surface area contributed by atoms with Gasteiger partial charge in [-0.3, -0.25) is 9.59 Å². The number of carbonyl (C=O) groups excluding carboxylic acids is 2. The van der Waals surface area contributed by atoms with Crippen molar-refractivity contribution in [3.05, 3.63) is 35.1 Å². The Bertz CT molecular complexity index is 448. The standard InChI is InChI=1S/C11H13FN2O3/c1-6-2-3-7(4-8(6)12)11(17)14-5-9(15)10(13)16/h2-4,9,15H,5H2,1H3,(H2,13,16)(H,14,17). The number of primary amides is 1. The molecule has 0 aliphatic carbocycles. The van der Waals surface area contributed by atoms with Crippen LogP contribution in [0.5, 0.6) is 0 Å². The Morgan fingerprint density at radius 2 is 2.18 bits per heavy atom. The molecule has 0 bridgehead atoms. The van der Waals surface area contributed by atoms with Crippen LogP contribution in [0, 0.1) is 12.7 Å². The molecule has 6 heteroatoms. The molecular formula is C11H13FN2O3. The predicted molar refractivity (Wildman–Crippen MR) is 58.7 cm³/mol. The Labute approximate surface area is 97.4 Å². The number of benzene rings is 1. The average molecular weight is 240 g/mol. The van der Waals surface area contributed by atoms with Gasteiger partial charge in [0, 0.05) is 5.56 Å². The third kappa shape index (κ3) is 3.53. The normalized spacial score (nSPS) is 11.9. The van der Waals surface area contributed by atoms with Crippen LogP contribution < -0.4 is 11.1 Å². The summed E-state index contributed by atoms with van der Waals surface area (Å²) in [5.74, 6) is -2.00. The van der Waals surface area contributed by atoms with Gasteiger partial charge in [0.1, 0.15) is 11.9 Å². The maximum absolute atomic E-state index is 13.2. The maximum Gasteiger partial charge on any atom is 0.251 e. The minimum absolute atomic E-state index is 0.116. The van der Waals surface area contributed by atoms with E-state index in [2.05, 4.69) is 5.32 Å². The molecular weight excluding hydrogens is 227 g/mol. The molecule has 0 heterocycles. The van der Waals surface area contributed by atoms with Gasteiger partial charge in [0.25, 0.3) is 5.91 Å². The third-order valence-corrected chi connectivity index (χ3v) is 2.22. The molecule has 4 N–H and O–H groups in total. The highest BCUT2D eigenvalue weighted by atomic mass is 19.1. The lowest BCUT2D eigenvalue weighted by Gasteiger charge is -2.08. The molecule has 1 atom stereocenters. The highest BCUT2D eigenvalue weighted by Gasteiger charge is 2.13. The first kappa shape index (κ1) is 13.1. The van der Waals surface area contributed by atoms with Gasteiger partial charge in [-0.1, -0.05) is 6.07 Å². The smallest absolute Gasteiger partial charge is 0.251 e. The van der Waals surface area contributed by atoms with Crippen LogP contribution in [-0.4, -0.2) is 29.6 Å². The monoisotopic (exact) mass is 240 g/mol. The molecule has 0 aliphatic rings. The van der Waals surface area contributed by atoms with Crippen molar-refractivity contribution in [3.63, 3.8) is 0 Å². The van der Waals surface area contributed by atoms with E-state index >= 15 is 0 Å². The van der Waals surface area contributed by atoms with Crippen molar-refractivity contribution in [3.8, 4) is 0 Å². The number of aliphatic hydroxyl groups excluding tert-OH is 1. The number of carbonyl (C=O) groups is 2. The van der Waals surface area contributed by atoms with Gasteiger partial charge in [0.2, 0.25) is 5.91 Å². The van der Waals surface area contributed by atoms with Gasteiger partial charge in [-0.05, 0) is 24.6 Å². The van der Waals surface area contributed by atoms with Crippen LogP contribution in [0.1, 0.15) is 15.9 Å². The first-order valence-electron chi connectivity index (χ1n) is 4.93. The number of aliphatic hydroxyl groups is 1. The summed E-state index contributed by atoms with van der Waals surface area (Å²) in [5, 5.41) is 11.3. The molecule has 0 fully saturated rings. The fourth-order valence-corrected chi connectivity index (χ4v) is 1.13. The first-order chi connectivity index (χ1) is 7.91. The van der Waals surface area contributed by atoms with Crippen molar-refractivity contribution in [1.29, 1.82) is 0 Å². The van der Waals surface area contributed by atoms with Crippen molar-refractivity contribution in [1.82, 2.24) is 5.32 Å². The summed E-state index contributed by atoms with van der Waals surface area (Å²) in [6.45, 7) is 1.28. The number of amides is 2. The fourth-order valence-electron chi connectivity index (χ4n) is 1.13. The lowest BCUT2D eigenvalue weighted by molar-refractivity contribution is -0.125. The van der Waals surface area contributed by atoms with Crippen LogP contribution in [0.3, 0.4) is 0 Å². The minimum atomic E-state index is -1.45. The quantitative estimate of drug-likeness (QED) is 0.675. The van der Waals surface area contributed by atoms with Gasteiger partial charge in [-0.2, -0.15) is 0 Å². The summed E-state index contributed by atoms with van der Waals surface area (Å²) in [6.07, 6.45) is -1.45. The zero-order valence-electron chi connectivity index (χ0n) is 9.24. The van der Waals surface area contributed by atoms with E-state index in [1.807, 2.05) is 0 Å². The van der Waals surface area contributed by atoms with Crippen molar-refractivity contribution in [2.24, 2.45) is 5.73 Å². The molecule has 17 heavy (non-hydrogen) atoms. The van der Waals surface area contributed by atoms with E-state index in [1.165, 1.54) is 12.1 Å². The lowest BCUT2D eigenvalue weighted by Crippen LogP contribution is -2.40. The maximum atomic E-state index is 13.2. The summed E-state index contributed by atoms with van der Waals surface area (Å²) in [6, 6.07) is 4.00. The molecule has 1 aromatic rings.